The van der Waals surface area contributed by atoms with Crippen LogP contribution in [0, 0.1) is 20.8 Å². The van der Waals surface area contributed by atoms with E-state index in [1.54, 1.807) is 31.2 Å². The van der Waals surface area contributed by atoms with Crippen molar-refractivity contribution >= 4 is 23.1 Å². The van der Waals surface area contributed by atoms with Gasteiger partial charge < -0.3 is 14.3 Å². The lowest BCUT2D eigenvalue weighted by Gasteiger charge is -2.24. The van der Waals surface area contributed by atoms with Crippen LogP contribution in [0.4, 0.5) is 5.69 Å². The summed E-state index contributed by atoms with van der Waals surface area (Å²) >= 11 is 0. The molecule has 32 heavy (non-hydrogen) atoms. The van der Waals surface area contributed by atoms with Crippen molar-refractivity contribution in [3.63, 3.8) is 0 Å². The predicted molar refractivity (Wildman–Crippen MR) is 120 cm³/mol. The van der Waals surface area contributed by atoms with Gasteiger partial charge in [0.15, 0.2) is 0 Å². The van der Waals surface area contributed by atoms with E-state index in [9.17, 15) is 14.7 Å². The van der Waals surface area contributed by atoms with Gasteiger partial charge in [-0.15, -0.1) is 0 Å². The summed E-state index contributed by atoms with van der Waals surface area (Å²) in [6.07, 6.45) is 0.730. The van der Waals surface area contributed by atoms with E-state index in [4.69, 9.17) is 9.15 Å². The third-order valence-corrected chi connectivity index (χ3v) is 6.21. The Kier molecular flexibility index (Phi) is 4.66. The molecule has 2 aliphatic heterocycles. The highest BCUT2D eigenvalue weighted by atomic mass is 16.5. The van der Waals surface area contributed by atoms with Crippen LogP contribution >= 0.6 is 0 Å². The molecule has 0 spiro atoms. The van der Waals surface area contributed by atoms with Crippen molar-refractivity contribution in [2.45, 2.75) is 33.2 Å². The second-order valence-corrected chi connectivity index (χ2v) is 8.31. The Hall–Kier alpha value is -3.80. The molecule has 1 saturated heterocycles. The highest BCUT2D eigenvalue weighted by molar-refractivity contribution is 6.51. The van der Waals surface area contributed by atoms with Crippen LogP contribution in [0.3, 0.4) is 0 Å². The average Bonchev–Trinajstić information content (AvgIpc) is 3.48. The maximum absolute atomic E-state index is 13.2. The minimum Gasteiger partial charge on any atom is -0.507 e. The van der Waals surface area contributed by atoms with E-state index in [1.807, 2.05) is 38.1 Å². The first-order valence-electron chi connectivity index (χ1n) is 10.6. The number of aliphatic hydroxyl groups excluding tert-OH is 1. The number of Topliss-reactive ketones (excluding diaryl/α,β-unsaturated/α-hetero) is 1. The molecule has 0 bridgehead atoms. The first-order chi connectivity index (χ1) is 15.3. The number of carbonyl (C=O) groups is 2. The summed E-state index contributed by atoms with van der Waals surface area (Å²) in [6.45, 7) is 6.32. The van der Waals surface area contributed by atoms with Gasteiger partial charge in [-0.25, -0.2) is 0 Å². The molecule has 0 saturated carbocycles. The SMILES string of the molecule is Cc1ccc(C2/C(=C(/O)c3ccc4c(c3)CCO4)C(=O)C(=O)N2c2ccc(C)c(C)c2)o1. The first-order valence-corrected chi connectivity index (χ1v) is 10.6. The molecule has 1 aromatic heterocycles. The lowest BCUT2D eigenvalue weighted by Crippen LogP contribution is -2.29. The fraction of sp³-hybridized carbons (Fsp3) is 0.231. The Labute approximate surface area is 185 Å². The third kappa shape index (κ3) is 3.11. The van der Waals surface area contributed by atoms with Gasteiger partial charge in [0.25, 0.3) is 11.7 Å². The highest BCUT2D eigenvalue weighted by Gasteiger charge is 2.48. The second-order valence-electron chi connectivity index (χ2n) is 8.31. The first kappa shape index (κ1) is 20.1. The van der Waals surface area contributed by atoms with Gasteiger partial charge in [0, 0.05) is 17.7 Å². The van der Waals surface area contributed by atoms with E-state index in [2.05, 4.69) is 0 Å². The van der Waals surface area contributed by atoms with Crippen LogP contribution in [0.1, 0.15) is 39.8 Å². The van der Waals surface area contributed by atoms with Crippen LogP contribution in [-0.4, -0.2) is 23.4 Å². The predicted octanol–water partition coefficient (Wildman–Crippen LogP) is 4.77. The minimum absolute atomic E-state index is 0.0152. The number of rotatable bonds is 3. The van der Waals surface area contributed by atoms with Crippen LogP contribution in [0.5, 0.6) is 5.75 Å². The fourth-order valence-electron chi connectivity index (χ4n) is 4.33. The van der Waals surface area contributed by atoms with Crippen molar-refractivity contribution in [3.8, 4) is 5.75 Å². The zero-order valence-electron chi connectivity index (χ0n) is 18.1. The van der Waals surface area contributed by atoms with Gasteiger partial charge in [-0.2, -0.15) is 0 Å². The van der Waals surface area contributed by atoms with Crippen LogP contribution in [-0.2, 0) is 16.0 Å². The Bertz CT molecular complexity index is 1300. The molecular formula is C26H23NO5. The number of anilines is 1. The topological polar surface area (TPSA) is 80.0 Å². The van der Waals surface area contributed by atoms with Gasteiger partial charge in [-0.3, -0.25) is 14.5 Å². The maximum atomic E-state index is 13.2. The molecule has 2 aromatic carbocycles. The fourth-order valence-corrected chi connectivity index (χ4v) is 4.33. The Balaban J connectivity index is 1.70. The molecule has 162 valence electrons. The third-order valence-electron chi connectivity index (χ3n) is 6.21. The highest BCUT2D eigenvalue weighted by Crippen LogP contribution is 2.43. The van der Waals surface area contributed by atoms with E-state index in [0.717, 1.165) is 28.9 Å². The largest absolute Gasteiger partial charge is 0.507 e. The Morgan fingerprint density at radius 3 is 2.53 bits per heavy atom. The van der Waals surface area contributed by atoms with Gasteiger partial charge in [0.1, 0.15) is 29.1 Å². The molecule has 0 aliphatic carbocycles. The van der Waals surface area contributed by atoms with Gasteiger partial charge in [-0.1, -0.05) is 6.07 Å². The summed E-state index contributed by atoms with van der Waals surface area (Å²) in [4.78, 5) is 27.8. The molecule has 2 aliphatic rings. The molecule has 1 N–H and O–H groups in total. The molecule has 0 radical (unpaired) electrons. The number of ether oxygens (including phenoxy) is 1. The lowest BCUT2D eigenvalue weighted by molar-refractivity contribution is -0.132. The van der Waals surface area contributed by atoms with E-state index >= 15 is 0 Å². The number of furan rings is 1. The molecule has 3 heterocycles. The van der Waals surface area contributed by atoms with E-state index in [1.165, 1.54) is 4.90 Å². The lowest BCUT2D eigenvalue weighted by atomic mass is 9.97. The second kappa shape index (κ2) is 7.41. The minimum atomic E-state index is -0.865. The van der Waals surface area contributed by atoms with Gasteiger partial charge in [0.05, 0.1) is 12.2 Å². The maximum Gasteiger partial charge on any atom is 0.300 e. The number of hydrogen-bond acceptors (Lipinski definition) is 5. The van der Waals surface area contributed by atoms with Crippen molar-refractivity contribution < 1.29 is 23.8 Å². The van der Waals surface area contributed by atoms with Crippen LogP contribution < -0.4 is 9.64 Å². The number of amides is 1. The zero-order valence-corrected chi connectivity index (χ0v) is 18.1. The number of aliphatic hydroxyl groups is 1. The molecule has 3 aromatic rings. The van der Waals surface area contributed by atoms with Crippen LogP contribution in [0.15, 0.2) is 58.5 Å². The quantitative estimate of drug-likeness (QED) is 0.369. The van der Waals surface area contributed by atoms with E-state index in [0.29, 0.717) is 29.4 Å². The summed E-state index contributed by atoms with van der Waals surface area (Å²) < 4.78 is 11.4. The molecule has 1 fully saturated rings. The molecule has 1 atom stereocenters. The van der Waals surface area contributed by atoms with Crippen molar-refractivity contribution in [2.24, 2.45) is 0 Å². The average molecular weight is 429 g/mol. The van der Waals surface area contributed by atoms with E-state index in [-0.39, 0.29) is 11.3 Å². The number of fused-ring (bicyclic) bond motifs is 1. The Morgan fingerprint density at radius 2 is 1.81 bits per heavy atom. The number of hydrogen-bond donors (Lipinski definition) is 1. The Morgan fingerprint density at radius 1 is 1.00 bits per heavy atom. The molecule has 5 rings (SSSR count). The molecule has 1 amide bonds. The van der Waals surface area contributed by atoms with Crippen LogP contribution in [0.25, 0.3) is 5.76 Å². The van der Waals surface area contributed by atoms with Crippen molar-refractivity contribution in [1.82, 2.24) is 0 Å². The van der Waals surface area contributed by atoms with E-state index < -0.39 is 17.7 Å². The van der Waals surface area contributed by atoms with Gasteiger partial charge in [0.2, 0.25) is 0 Å². The number of aryl methyl sites for hydroxylation is 3. The number of nitrogens with zero attached hydrogens (tertiary/aromatic N) is 1. The monoisotopic (exact) mass is 429 g/mol. The summed E-state index contributed by atoms with van der Waals surface area (Å²) in [7, 11) is 0. The van der Waals surface area contributed by atoms with Crippen molar-refractivity contribution in [2.75, 3.05) is 11.5 Å². The smallest absolute Gasteiger partial charge is 0.300 e. The summed E-state index contributed by atoms with van der Waals surface area (Å²) in [5, 5.41) is 11.2. The summed E-state index contributed by atoms with van der Waals surface area (Å²) in [6, 6.07) is 13.5. The van der Waals surface area contributed by atoms with Crippen molar-refractivity contribution in [1.29, 1.82) is 0 Å². The van der Waals surface area contributed by atoms with Gasteiger partial charge in [-0.05, 0) is 79.9 Å². The van der Waals surface area contributed by atoms with Gasteiger partial charge >= 0.3 is 0 Å². The number of carbonyl (C=O) groups excluding carboxylic acids is 2. The normalized spacial score (nSPS) is 19.3. The zero-order chi connectivity index (χ0) is 22.6. The summed E-state index contributed by atoms with van der Waals surface area (Å²) in [5.41, 5.74) is 4.11. The standard InChI is InChI=1S/C26H23NO5/c1-14-4-7-19(12-15(14)2)27-23(21-8-5-16(3)32-21)22(25(29)26(27)30)24(28)18-6-9-20-17(13-18)10-11-31-20/h4-9,12-13,23,28H,10-11H2,1-3H3/b24-22-. The number of benzene rings is 2. The molecular weight excluding hydrogens is 406 g/mol. The molecule has 1 unspecified atom stereocenters. The number of ketones is 1. The van der Waals surface area contributed by atoms with Crippen molar-refractivity contribution in [3.05, 3.63) is 87.9 Å². The summed E-state index contributed by atoms with van der Waals surface area (Å²) in [5.74, 6) is 0.194. The van der Waals surface area contributed by atoms with Crippen LogP contribution in [0.2, 0.25) is 0 Å². The molecule has 6 nitrogen and oxygen atoms in total. The molecule has 6 heteroatoms.